The Bertz CT molecular complexity index is 1130. The summed E-state index contributed by atoms with van der Waals surface area (Å²) in [6, 6.07) is 7.39. The van der Waals surface area contributed by atoms with Crippen LogP contribution in [0.2, 0.25) is 5.02 Å². The Labute approximate surface area is 188 Å². The summed E-state index contributed by atoms with van der Waals surface area (Å²) in [7, 11) is 0. The van der Waals surface area contributed by atoms with E-state index < -0.39 is 0 Å². The van der Waals surface area contributed by atoms with E-state index in [4.69, 9.17) is 11.6 Å². The van der Waals surface area contributed by atoms with E-state index in [9.17, 15) is 9.59 Å². The van der Waals surface area contributed by atoms with E-state index in [0.29, 0.717) is 28.8 Å². The van der Waals surface area contributed by atoms with Gasteiger partial charge in [0.15, 0.2) is 0 Å². The number of hydrogen-bond donors (Lipinski definition) is 2. The lowest BCUT2D eigenvalue weighted by Crippen LogP contribution is -2.27. The SMILES string of the molecule is CC(NC(=O)CCSCc1nc2sc3c(c2c(=O)[nH]1)CCCC3)c1ccccc1Cl. The monoisotopic (exact) mass is 461 g/mol. The van der Waals surface area contributed by atoms with Crippen molar-refractivity contribution in [2.24, 2.45) is 0 Å². The van der Waals surface area contributed by atoms with Gasteiger partial charge in [-0.3, -0.25) is 9.59 Å². The summed E-state index contributed by atoms with van der Waals surface area (Å²) in [5.74, 6) is 1.91. The average Bonchev–Trinajstić information content (AvgIpc) is 3.10. The lowest BCUT2D eigenvalue weighted by atomic mass is 9.97. The maximum absolute atomic E-state index is 12.6. The van der Waals surface area contributed by atoms with Crippen LogP contribution in [0.5, 0.6) is 0 Å². The molecule has 1 atom stereocenters. The lowest BCUT2D eigenvalue weighted by Gasteiger charge is -2.15. The van der Waals surface area contributed by atoms with Gasteiger partial charge in [0.05, 0.1) is 17.2 Å². The van der Waals surface area contributed by atoms with Gasteiger partial charge in [-0.05, 0) is 49.8 Å². The number of fused-ring (bicyclic) bond motifs is 3. The summed E-state index contributed by atoms with van der Waals surface area (Å²) in [5, 5.41) is 4.43. The van der Waals surface area contributed by atoms with Crippen molar-refractivity contribution >= 4 is 50.8 Å². The number of H-pyrrole nitrogens is 1. The Hall–Kier alpha value is -1.83. The van der Waals surface area contributed by atoms with Crippen LogP contribution in [0.1, 0.15) is 54.1 Å². The first-order valence-electron chi connectivity index (χ1n) is 10.2. The van der Waals surface area contributed by atoms with Crippen LogP contribution in [-0.4, -0.2) is 21.6 Å². The number of aromatic nitrogens is 2. The zero-order valence-corrected chi connectivity index (χ0v) is 19.2. The largest absolute Gasteiger partial charge is 0.350 e. The number of aryl methyl sites for hydroxylation is 2. The topological polar surface area (TPSA) is 74.8 Å². The van der Waals surface area contributed by atoms with Crippen molar-refractivity contribution in [3.05, 3.63) is 61.5 Å². The van der Waals surface area contributed by atoms with Crippen LogP contribution < -0.4 is 10.9 Å². The molecule has 0 aliphatic heterocycles. The summed E-state index contributed by atoms with van der Waals surface area (Å²) in [6.07, 6.45) is 4.78. The van der Waals surface area contributed by atoms with E-state index in [0.717, 1.165) is 35.0 Å². The highest BCUT2D eigenvalue weighted by Gasteiger charge is 2.19. The molecule has 0 fully saturated rings. The van der Waals surface area contributed by atoms with Gasteiger partial charge < -0.3 is 10.3 Å². The predicted octanol–water partition coefficient (Wildman–Crippen LogP) is 5.02. The van der Waals surface area contributed by atoms with Crippen LogP contribution in [0.15, 0.2) is 29.1 Å². The molecule has 0 spiro atoms. The minimum Gasteiger partial charge on any atom is -0.350 e. The molecular weight excluding hydrogens is 438 g/mol. The van der Waals surface area contributed by atoms with Crippen molar-refractivity contribution in [1.82, 2.24) is 15.3 Å². The van der Waals surface area contributed by atoms with Crippen LogP contribution in [0, 0.1) is 0 Å². The second kappa shape index (κ2) is 9.54. The fourth-order valence-electron chi connectivity index (χ4n) is 3.83. The van der Waals surface area contributed by atoms with Crippen LogP contribution in [-0.2, 0) is 23.4 Å². The van der Waals surface area contributed by atoms with Crippen LogP contribution >= 0.6 is 34.7 Å². The Morgan fingerprint density at radius 1 is 1.33 bits per heavy atom. The first-order chi connectivity index (χ1) is 14.5. The predicted molar refractivity (Wildman–Crippen MR) is 126 cm³/mol. The van der Waals surface area contributed by atoms with Crippen molar-refractivity contribution in [2.45, 2.75) is 50.8 Å². The number of rotatable bonds is 7. The number of thiophene rings is 1. The maximum atomic E-state index is 12.6. The molecule has 5 nitrogen and oxygen atoms in total. The fourth-order valence-corrected chi connectivity index (χ4v) is 6.21. The van der Waals surface area contributed by atoms with Gasteiger partial charge in [-0.15, -0.1) is 11.3 Å². The van der Waals surface area contributed by atoms with Crippen LogP contribution in [0.4, 0.5) is 0 Å². The zero-order chi connectivity index (χ0) is 21.1. The van der Waals surface area contributed by atoms with E-state index in [2.05, 4.69) is 15.3 Å². The molecular formula is C22H24ClN3O2S2. The minimum atomic E-state index is -0.138. The molecule has 158 valence electrons. The quantitative estimate of drug-likeness (QED) is 0.484. The third-order valence-electron chi connectivity index (χ3n) is 5.34. The van der Waals surface area contributed by atoms with Gasteiger partial charge in [0.1, 0.15) is 10.7 Å². The molecule has 0 saturated heterocycles. The van der Waals surface area contributed by atoms with Crippen LogP contribution in [0.3, 0.4) is 0 Å². The van der Waals surface area contributed by atoms with E-state index in [1.807, 2.05) is 31.2 Å². The van der Waals surface area contributed by atoms with Crippen molar-refractivity contribution in [2.75, 3.05) is 5.75 Å². The van der Waals surface area contributed by atoms with Crippen molar-refractivity contribution in [3.8, 4) is 0 Å². The number of amides is 1. The second-order valence-corrected chi connectivity index (χ2v) is 10.1. The lowest BCUT2D eigenvalue weighted by molar-refractivity contribution is -0.121. The van der Waals surface area contributed by atoms with Gasteiger partial charge >= 0.3 is 0 Å². The van der Waals surface area contributed by atoms with E-state index in [1.165, 1.54) is 16.9 Å². The van der Waals surface area contributed by atoms with Gasteiger partial charge in [0.2, 0.25) is 5.91 Å². The molecule has 2 heterocycles. The molecule has 4 rings (SSSR count). The maximum Gasteiger partial charge on any atom is 0.259 e. The first-order valence-corrected chi connectivity index (χ1v) is 12.5. The number of hydrogen-bond acceptors (Lipinski definition) is 5. The highest BCUT2D eigenvalue weighted by molar-refractivity contribution is 7.98. The van der Waals surface area contributed by atoms with Crippen LogP contribution in [0.25, 0.3) is 10.2 Å². The van der Waals surface area contributed by atoms with Crippen molar-refractivity contribution < 1.29 is 4.79 Å². The standard InChI is InChI=1S/C22H24ClN3O2S2/c1-13(14-6-2-4-8-16(14)23)24-19(27)10-11-29-12-18-25-21(28)20-15-7-3-5-9-17(15)30-22(20)26-18/h2,4,6,8,13H,3,5,7,9-12H2,1H3,(H,24,27)(H,25,26,28). The number of aromatic amines is 1. The number of nitrogens with one attached hydrogen (secondary N) is 2. The third kappa shape index (κ3) is 4.74. The number of nitrogens with zero attached hydrogens (tertiary/aromatic N) is 1. The Morgan fingerprint density at radius 3 is 2.97 bits per heavy atom. The first kappa shape index (κ1) is 21.4. The number of thioether (sulfide) groups is 1. The number of benzene rings is 1. The average molecular weight is 462 g/mol. The summed E-state index contributed by atoms with van der Waals surface area (Å²) in [5.41, 5.74) is 2.09. The number of carbonyl (C=O) groups is 1. The number of halogens is 1. The highest BCUT2D eigenvalue weighted by Crippen LogP contribution is 2.33. The second-order valence-electron chi connectivity index (χ2n) is 7.52. The van der Waals surface area contributed by atoms with Gasteiger partial charge in [-0.1, -0.05) is 29.8 Å². The van der Waals surface area contributed by atoms with Gasteiger partial charge in [0.25, 0.3) is 5.56 Å². The molecule has 1 aliphatic carbocycles. The van der Waals surface area contributed by atoms with Crippen molar-refractivity contribution in [3.63, 3.8) is 0 Å². The smallest absolute Gasteiger partial charge is 0.259 e. The summed E-state index contributed by atoms with van der Waals surface area (Å²) in [4.78, 5) is 34.6. The number of carbonyl (C=O) groups excluding carboxylic acids is 1. The molecule has 1 amide bonds. The molecule has 1 unspecified atom stereocenters. The molecule has 8 heteroatoms. The van der Waals surface area contributed by atoms with Gasteiger partial charge in [-0.25, -0.2) is 4.98 Å². The van der Waals surface area contributed by atoms with Gasteiger partial charge in [-0.2, -0.15) is 11.8 Å². The van der Waals surface area contributed by atoms with Gasteiger partial charge in [0, 0.05) is 22.1 Å². The van der Waals surface area contributed by atoms with E-state index in [-0.39, 0.29) is 17.5 Å². The minimum absolute atomic E-state index is 0.0160. The molecule has 0 bridgehead atoms. The molecule has 1 aromatic carbocycles. The molecule has 3 aromatic rings. The Balaban J connectivity index is 1.30. The normalized spacial score (nSPS) is 14.5. The summed E-state index contributed by atoms with van der Waals surface area (Å²) in [6.45, 7) is 1.93. The fraction of sp³-hybridized carbons (Fsp3) is 0.409. The molecule has 30 heavy (non-hydrogen) atoms. The molecule has 1 aliphatic rings. The van der Waals surface area contributed by atoms with E-state index in [1.54, 1.807) is 23.1 Å². The third-order valence-corrected chi connectivity index (χ3v) is 7.84. The van der Waals surface area contributed by atoms with E-state index >= 15 is 0 Å². The zero-order valence-electron chi connectivity index (χ0n) is 16.8. The molecule has 0 radical (unpaired) electrons. The van der Waals surface area contributed by atoms with Crippen molar-refractivity contribution in [1.29, 1.82) is 0 Å². The molecule has 2 N–H and O–H groups in total. The summed E-state index contributed by atoms with van der Waals surface area (Å²) < 4.78 is 0. The highest BCUT2D eigenvalue weighted by atomic mass is 35.5. The Kier molecular flexibility index (Phi) is 6.80. The molecule has 2 aromatic heterocycles. The Morgan fingerprint density at radius 2 is 2.13 bits per heavy atom. The summed E-state index contributed by atoms with van der Waals surface area (Å²) >= 11 is 9.45. The molecule has 0 saturated carbocycles.